The summed E-state index contributed by atoms with van der Waals surface area (Å²) >= 11 is 3.67. The Bertz CT molecular complexity index is 597. The first-order valence-electron chi connectivity index (χ1n) is 6.82. The van der Waals surface area contributed by atoms with Gasteiger partial charge in [0.1, 0.15) is 0 Å². The molecule has 1 aliphatic rings. The largest absolute Gasteiger partial charge is 0.367 e. The van der Waals surface area contributed by atoms with E-state index >= 15 is 0 Å². The Hall–Kier alpha value is -0.840. The average Bonchev–Trinajstić information content (AvgIpc) is 2.47. The van der Waals surface area contributed by atoms with Crippen LogP contribution in [0.25, 0.3) is 10.9 Å². The highest BCUT2D eigenvalue weighted by molar-refractivity contribution is 9.10. The van der Waals surface area contributed by atoms with Crippen LogP contribution in [-0.2, 0) is 6.42 Å². The minimum atomic E-state index is 0. The first-order valence-corrected chi connectivity index (χ1v) is 7.61. The van der Waals surface area contributed by atoms with Crippen molar-refractivity contribution < 1.29 is 0 Å². The van der Waals surface area contributed by atoms with Gasteiger partial charge in [0, 0.05) is 37.8 Å². The molecule has 0 aliphatic carbocycles. The van der Waals surface area contributed by atoms with Crippen LogP contribution in [0.15, 0.2) is 28.9 Å². The van der Waals surface area contributed by atoms with Crippen LogP contribution in [-0.4, -0.2) is 31.2 Å². The number of benzene rings is 1. The van der Waals surface area contributed by atoms with Crippen LogP contribution in [0.4, 0.5) is 5.69 Å². The molecule has 108 valence electrons. The normalized spacial score (nSPS) is 15.2. The molecule has 3 rings (SSSR count). The number of aryl methyl sites for hydroxylation is 1. The number of anilines is 1. The highest BCUT2D eigenvalue weighted by Gasteiger charge is 2.17. The molecule has 1 N–H and O–H groups in total. The maximum Gasteiger partial charge on any atom is 0.0723 e. The number of nitrogens with zero attached hydrogens (tertiary/aromatic N) is 2. The molecule has 1 saturated heterocycles. The quantitative estimate of drug-likeness (QED) is 0.894. The van der Waals surface area contributed by atoms with Crippen molar-refractivity contribution in [3.63, 3.8) is 0 Å². The van der Waals surface area contributed by atoms with Gasteiger partial charge >= 0.3 is 0 Å². The second-order valence-corrected chi connectivity index (χ2v) is 5.75. The van der Waals surface area contributed by atoms with Crippen molar-refractivity contribution in [1.29, 1.82) is 0 Å². The topological polar surface area (TPSA) is 28.2 Å². The lowest BCUT2D eigenvalue weighted by Crippen LogP contribution is -2.43. The summed E-state index contributed by atoms with van der Waals surface area (Å²) in [4.78, 5) is 6.97. The molecule has 3 nitrogen and oxygen atoms in total. The van der Waals surface area contributed by atoms with E-state index in [-0.39, 0.29) is 12.4 Å². The van der Waals surface area contributed by atoms with Crippen molar-refractivity contribution in [2.45, 2.75) is 13.3 Å². The number of hydrogen-bond acceptors (Lipinski definition) is 3. The van der Waals surface area contributed by atoms with Gasteiger partial charge in [0.15, 0.2) is 0 Å². The zero-order valence-electron chi connectivity index (χ0n) is 11.5. The summed E-state index contributed by atoms with van der Waals surface area (Å²) in [5.74, 6) is 0. The van der Waals surface area contributed by atoms with Crippen molar-refractivity contribution in [1.82, 2.24) is 10.3 Å². The maximum absolute atomic E-state index is 4.52. The van der Waals surface area contributed by atoms with E-state index in [2.05, 4.69) is 56.3 Å². The number of aromatic nitrogens is 1. The predicted molar refractivity (Wildman–Crippen MR) is 91.2 cm³/mol. The minimum absolute atomic E-state index is 0. The molecule has 0 unspecified atom stereocenters. The number of pyridine rings is 1. The fourth-order valence-electron chi connectivity index (χ4n) is 2.63. The van der Waals surface area contributed by atoms with Gasteiger partial charge in [-0.25, -0.2) is 0 Å². The van der Waals surface area contributed by atoms with Crippen molar-refractivity contribution >= 4 is 44.9 Å². The Morgan fingerprint density at radius 2 is 2.05 bits per heavy atom. The SMILES string of the molecule is CCc1ccc2ncc(Br)c(N3CCNCC3)c2c1.Cl. The summed E-state index contributed by atoms with van der Waals surface area (Å²) < 4.78 is 1.09. The van der Waals surface area contributed by atoms with E-state index in [0.29, 0.717) is 0 Å². The predicted octanol–water partition coefficient (Wildman–Crippen LogP) is 3.39. The van der Waals surface area contributed by atoms with Gasteiger partial charge < -0.3 is 10.2 Å². The molecule has 1 aromatic heterocycles. The Balaban J connectivity index is 0.00000147. The van der Waals surface area contributed by atoms with Gasteiger partial charge in [-0.2, -0.15) is 0 Å². The first kappa shape index (κ1) is 15.5. The molecule has 2 heterocycles. The minimum Gasteiger partial charge on any atom is -0.367 e. The van der Waals surface area contributed by atoms with Gasteiger partial charge in [-0.3, -0.25) is 4.98 Å². The molecule has 1 aromatic carbocycles. The van der Waals surface area contributed by atoms with Crippen molar-refractivity contribution in [2.24, 2.45) is 0 Å². The monoisotopic (exact) mass is 355 g/mol. The van der Waals surface area contributed by atoms with E-state index in [4.69, 9.17) is 0 Å². The summed E-state index contributed by atoms with van der Waals surface area (Å²) in [7, 11) is 0. The molecule has 1 aliphatic heterocycles. The number of nitrogens with one attached hydrogen (secondary N) is 1. The number of hydrogen-bond donors (Lipinski definition) is 1. The zero-order valence-corrected chi connectivity index (χ0v) is 13.9. The fourth-order valence-corrected chi connectivity index (χ4v) is 3.20. The third-order valence-corrected chi connectivity index (χ3v) is 4.28. The Morgan fingerprint density at radius 3 is 2.75 bits per heavy atom. The van der Waals surface area contributed by atoms with E-state index in [9.17, 15) is 0 Å². The summed E-state index contributed by atoms with van der Waals surface area (Å²) in [5.41, 5.74) is 3.74. The van der Waals surface area contributed by atoms with Gasteiger partial charge in [0.25, 0.3) is 0 Å². The van der Waals surface area contributed by atoms with E-state index in [0.717, 1.165) is 42.6 Å². The van der Waals surface area contributed by atoms with Gasteiger partial charge in [-0.05, 0) is 40.0 Å². The van der Waals surface area contributed by atoms with E-state index < -0.39 is 0 Å². The lowest BCUT2D eigenvalue weighted by atomic mass is 10.1. The summed E-state index contributed by atoms with van der Waals surface area (Å²) in [5, 5.41) is 4.66. The molecule has 0 spiro atoms. The molecule has 0 bridgehead atoms. The van der Waals surface area contributed by atoms with Crippen LogP contribution in [0, 0.1) is 0 Å². The highest BCUT2D eigenvalue weighted by atomic mass is 79.9. The second-order valence-electron chi connectivity index (χ2n) is 4.90. The van der Waals surface area contributed by atoms with Gasteiger partial charge in [-0.1, -0.05) is 13.0 Å². The van der Waals surface area contributed by atoms with Gasteiger partial charge in [0.2, 0.25) is 0 Å². The summed E-state index contributed by atoms with van der Waals surface area (Å²) in [6.45, 7) is 6.38. The van der Waals surface area contributed by atoms with Gasteiger partial charge in [0.05, 0.1) is 15.7 Å². The lowest BCUT2D eigenvalue weighted by Gasteiger charge is -2.31. The third kappa shape index (κ3) is 2.92. The Labute approximate surface area is 134 Å². The molecule has 0 saturated carbocycles. The van der Waals surface area contributed by atoms with Crippen LogP contribution >= 0.6 is 28.3 Å². The molecule has 5 heteroatoms. The molecule has 0 atom stereocenters. The molecular weight excluding hydrogens is 338 g/mol. The molecule has 2 aromatic rings. The van der Waals surface area contributed by atoms with Crippen LogP contribution in [0.3, 0.4) is 0 Å². The van der Waals surface area contributed by atoms with Crippen LogP contribution < -0.4 is 10.2 Å². The second kappa shape index (κ2) is 6.74. The van der Waals surface area contributed by atoms with Crippen molar-refractivity contribution in [3.8, 4) is 0 Å². The molecule has 0 radical (unpaired) electrons. The summed E-state index contributed by atoms with van der Waals surface area (Å²) in [6.07, 6.45) is 2.98. The highest BCUT2D eigenvalue weighted by Crippen LogP contribution is 2.34. The molecule has 1 fully saturated rings. The van der Waals surface area contributed by atoms with Crippen molar-refractivity contribution in [2.75, 3.05) is 31.1 Å². The molecular formula is C15H19BrClN3. The van der Waals surface area contributed by atoms with E-state index in [1.807, 2.05) is 6.20 Å². The number of piperazine rings is 1. The van der Waals surface area contributed by atoms with Crippen LogP contribution in [0.5, 0.6) is 0 Å². The zero-order chi connectivity index (χ0) is 13.2. The van der Waals surface area contributed by atoms with Crippen molar-refractivity contribution in [3.05, 3.63) is 34.4 Å². The van der Waals surface area contributed by atoms with E-state index in [1.54, 1.807) is 0 Å². The third-order valence-electron chi connectivity index (χ3n) is 3.70. The fraction of sp³-hybridized carbons (Fsp3) is 0.400. The summed E-state index contributed by atoms with van der Waals surface area (Å²) in [6, 6.07) is 6.58. The number of rotatable bonds is 2. The first-order chi connectivity index (χ1) is 9.29. The van der Waals surface area contributed by atoms with Crippen LogP contribution in [0.1, 0.15) is 12.5 Å². The lowest BCUT2D eigenvalue weighted by molar-refractivity contribution is 0.589. The Kier molecular flexibility index (Phi) is 5.24. The number of fused-ring (bicyclic) bond motifs is 1. The Morgan fingerprint density at radius 1 is 1.30 bits per heavy atom. The molecule has 0 amide bonds. The van der Waals surface area contributed by atoms with Crippen LogP contribution in [0.2, 0.25) is 0 Å². The van der Waals surface area contributed by atoms with Gasteiger partial charge in [-0.15, -0.1) is 12.4 Å². The average molecular weight is 357 g/mol. The standard InChI is InChI=1S/C15H18BrN3.ClH/c1-2-11-3-4-14-12(9-11)15(13(16)10-18-14)19-7-5-17-6-8-19;/h3-4,9-10,17H,2,5-8H2,1H3;1H. The smallest absolute Gasteiger partial charge is 0.0723 e. The molecule has 20 heavy (non-hydrogen) atoms. The van der Waals surface area contributed by atoms with E-state index in [1.165, 1.54) is 16.6 Å². The number of halogens is 2. The maximum atomic E-state index is 4.52.